The molecule has 4 rings (SSSR count). The normalized spacial score (nSPS) is 16.0. The fourth-order valence-electron chi connectivity index (χ4n) is 4.60. The van der Waals surface area contributed by atoms with Gasteiger partial charge in [-0.1, -0.05) is 37.1 Å². The monoisotopic (exact) mass is 515 g/mol. The van der Waals surface area contributed by atoms with Crippen LogP contribution in [0.3, 0.4) is 0 Å². The van der Waals surface area contributed by atoms with Crippen LogP contribution in [0.5, 0.6) is 11.5 Å². The van der Waals surface area contributed by atoms with Crippen LogP contribution in [0, 0.1) is 6.92 Å². The Kier molecular flexibility index (Phi) is 7.73. The molecule has 1 N–H and O–H groups in total. The maximum Gasteiger partial charge on any atom is 0.244 e. The minimum atomic E-state index is -3.82. The van der Waals surface area contributed by atoms with Crippen LogP contribution in [0.4, 0.5) is 5.69 Å². The predicted molar refractivity (Wildman–Crippen MR) is 136 cm³/mol. The smallest absolute Gasteiger partial charge is 0.244 e. The Bertz CT molecular complexity index is 1230. The van der Waals surface area contributed by atoms with Gasteiger partial charge in [0, 0.05) is 18.7 Å². The summed E-state index contributed by atoms with van der Waals surface area (Å²) in [7, 11) is -3.82. The van der Waals surface area contributed by atoms with Gasteiger partial charge in [0.25, 0.3) is 0 Å². The lowest BCUT2D eigenvalue weighted by Gasteiger charge is -2.32. The van der Waals surface area contributed by atoms with Crippen LogP contribution in [0.1, 0.15) is 43.7 Å². The molecule has 9 nitrogen and oxygen atoms in total. The average Bonchev–Trinajstić information content (AvgIpc) is 3.52. The first-order chi connectivity index (χ1) is 17.1. The summed E-state index contributed by atoms with van der Waals surface area (Å²) in [6.07, 6.45) is 5.05. The van der Waals surface area contributed by atoms with E-state index in [-0.39, 0.29) is 31.0 Å². The zero-order valence-electron chi connectivity index (χ0n) is 20.9. The summed E-state index contributed by atoms with van der Waals surface area (Å²) >= 11 is 0. The molecule has 1 saturated carbocycles. The summed E-state index contributed by atoms with van der Waals surface area (Å²) in [6.45, 7) is 3.41. The number of benzene rings is 2. The van der Waals surface area contributed by atoms with Crippen molar-refractivity contribution in [1.82, 2.24) is 10.2 Å². The molecule has 1 unspecified atom stereocenters. The minimum Gasteiger partial charge on any atom is -0.454 e. The molecule has 1 atom stereocenters. The van der Waals surface area contributed by atoms with E-state index in [1.165, 1.54) is 4.90 Å². The van der Waals surface area contributed by atoms with Crippen LogP contribution in [0.25, 0.3) is 0 Å². The van der Waals surface area contributed by atoms with Crippen LogP contribution in [-0.2, 0) is 26.2 Å². The highest BCUT2D eigenvalue weighted by Crippen LogP contribution is 2.36. The van der Waals surface area contributed by atoms with Crippen molar-refractivity contribution in [2.45, 2.75) is 58.2 Å². The average molecular weight is 516 g/mol. The Morgan fingerprint density at radius 1 is 1.08 bits per heavy atom. The molecular weight excluding hydrogens is 482 g/mol. The van der Waals surface area contributed by atoms with Gasteiger partial charge in [-0.3, -0.25) is 13.9 Å². The Morgan fingerprint density at radius 2 is 1.78 bits per heavy atom. The maximum absolute atomic E-state index is 13.7. The second-order valence-corrected chi connectivity index (χ2v) is 11.3. The lowest BCUT2D eigenvalue weighted by atomic mass is 10.1. The number of hydrogen-bond acceptors (Lipinski definition) is 6. The Morgan fingerprint density at radius 3 is 2.47 bits per heavy atom. The van der Waals surface area contributed by atoms with E-state index in [0.29, 0.717) is 11.5 Å². The molecule has 0 radical (unpaired) electrons. The first-order valence-corrected chi connectivity index (χ1v) is 14.0. The Balaban J connectivity index is 1.60. The molecular formula is C26H33N3O6S. The molecule has 2 aromatic carbocycles. The van der Waals surface area contributed by atoms with Gasteiger partial charge in [0.05, 0.1) is 11.9 Å². The predicted octanol–water partition coefficient (Wildman–Crippen LogP) is 2.97. The van der Waals surface area contributed by atoms with Crippen molar-refractivity contribution in [2.24, 2.45) is 0 Å². The number of rotatable bonds is 9. The van der Waals surface area contributed by atoms with Crippen molar-refractivity contribution in [2.75, 3.05) is 23.9 Å². The standard InChI is InChI=1S/C26H33N3O6S/c1-18-8-4-5-9-20(18)15-28(19(2)26(31)27-21-10-6-7-11-21)25(30)16-29(36(3,32)33)22-12-13-23-24(14-22)35-17-34-23/h4-5,8-9,12-14,19,21H,6-7,10-11,15-17H2,1-3H3,(H,27,31). The number of nitrogens with zero attached hydrogens (tertiary/aromatic N) is 2. The SMILES string of the molecule is Cc1ccccc1CN(C(=O)CN(c1ccc2c(c1)OCO2)S(C)(=O)=O)C(C)C(=O)NC1CCCC1. The number of fused-ring (bicyclic) bond motifs is 1. The summed E-state index contributed by atoms with van der Waals surface area (Å²) in [6, 6.07) is 11.7. The van der Waals surface area contributed by atoms with Crippen LogP contribution >= 0.6 is 0 Å². The Labute approximate surface area is 212 Å². The zero-order chi connectivity index (χ0) is 25.9. The number of sulfonamides is 1. The lowest BCUT2D eigenvalue weighted by molar-refractivity contribution is -0.139. The quantitative estimate of drug-likeness (QED) is 0.551. The number of aryl methyl sites for hydroxylation is 1. The van der Waals surface area contributed by atoms with Crippen LogP contribution < -0.4 is 19.1 Å². The highest BCUT2D eigenvalue weighted by Gasteiger charge is 2.32. The third-order valence-corrected chi connectivity index (χ3v) is 7.93. The van der Waals surface area contributed by atoms with Gasteiger partial charge in [-0.2, -0.15) is 0 Å². The Hall–Kier alpha value is -3.27. The molecule has 0 spiro atoms. The third-order valence-electron chi connectivity index (χ3n) is 6.79. The molecule has 1 heterocycles. The fourth-order valence-corrected chi connectivity index (χ4v) is 5.44. The molecule has 1 aliphatic carbocycles. The summed E-state index contributed by atoms with van der Waals surface area (Å²) < 4.78 is 37.2. The van der Waals surface area contributed by atoms with Crippen LogP contribution in [0.2, 0.25) is 0 Å². The molecule has 2 aliphatic rings. The van der Waals surface area contributed by atoms with E-state index >= 15 is 0 Å². The van der Waals surface area contributed by atoms with Crippen molar-refractivity contribution in [1.29, 1.82) is 0 Å². The van der Waals surface area contributed by atoms with Crippen LogP contribution in [0.15, 0.2) is 42.5 Å². The molecule has 2 aromatic rings. The topological polar surface area (TPSA) is 105 Å². The van der Waals surface area contributed by atoms with Gasteiger partial charge >= 0.3 is 0 Å². The van der Waals surface area contributed by atoms with E-state index in [0.717, 1.165) is 47.4 Å². The lowest BCUT2D eigenvalue weighted by Crippen LogP contribution is -2.52. The molecule has 0 saturated heterocycles. The summed E-state index contributed by atoms with van der Waals surface area (Å²) in [4.78, 5) is 28.3. The highest BCUT2D eigenvalue weighted by atomic mass is 32.2. The van der Waals surface area contributed by atoms with E-state index in [9.17, 15) is 18.0 Å². The van der Waals surface area contributed by atoms with E-state index in [4.69, 9.17) is 9.47 Å². The number of anilines is 1. The van der Waals surface area contributed by atoms with Gasteiger partial charge in [-0.15, -0.1) is 0 Å². The summed E-state index contributed by atoms with van der Waals surface area (Å²) in [5.74, 6) is 0.208. The van der Waals surface area contributed by atoms with Gasteiger partial charge in [-0.25, -0.2) is 8.42 Å². The molecule has 0 aromatic heterocycles. The number of ether oxygens (including phenoxy) is 2. The third kappa shape index (κ3) is 5.92. The first-order valence-electron chi connectivity index (χ1n) is 12.1. The summed E-state index contributed by atoms with van der Waals surface area (Å²) in [5.41, 5.74) is 2.16. The number of hydrogen-bond donors (Lipinski definition) is 1. The van der Waals surface area contributed by atoms with E-state index in [1.54, 1.807) is 25.1 Å². The van der Waals surface area contributed by atoms with Crippen molar-refractivity contribution in [3.05, 3.63) is 53.6 Å². The number of amides is 2. The van der Waals surface area contributed by atoms with Crippen LogP contribution in [-0.4, -0.2) is 56.8 Å². The maximum atomic E-state index is 13.7. The largest absolute Gasteiger partial charge is 0.454 e. The molecule has 194 valence electrons. The molecule has 1 fully saturated rings. The van der Waals surface area contributed by atoms with E-state index in [1.807, 2.05) is 31.2 Å². The van der Waals surface area contributed by atoms with Crippen molar-refractivity contribution >= 4 is 27.5 Å². The van der Waals surface area contributed by atoms with Gasteiger partial charge in [0.2, 0.25) is 28.6 Å². The van der Waals surface area contributed by atoms with E-state index < -0.39 is 28.5 Å². The summed E-state index contributed by atoms with van der Waals surface area (Å²) in [5, 5.41) is 3.06. The molecule has 2 amide bonds. The van der Waals surface area contributed by atoms with Gasteiger partial charge < -0.3 is 19.7 Å². The molecule has 0 bridgehead atoms. The van der Waals surface area contributed by atoms with Crippen molar-refractivity contribution in [3.63, 3.8) is 0 Å². The first kappa shape index (κ1) is 25.8. The molecule has 36 heavy (non-hydrogen) atoms. The van der Waals surface area contributed by atoms with E-state index in [2.05, 4.69) is 5.32 Å². The highest BCUT2D eigenvalue weighted by molar-refractivity contribution is 7.92. The number of carbonyl (C=O) groups excluding carboxylic acids is 2. The van der Waals surface area contributed by atoms with Crippen molar-refractivity contribution in [3.8, 4) is 11.5 Å². The second kappa shape index (κ2) is 10.8. The zero-order valence-corrected chi connectivity index (χ0v) is 21.7. The minimum absolute atomic E-state index is 0.0500. The molecule has 1 aliphatic heterocycles. The molecule has 10 heteroatoms. The van der Waals surface area contributed by atoms with Gasteiger partial charge in [0.1, 0.15) is 12.6 Å². The second-order valence-electron chi connectivity index (χ2n) is 9.42. The number of nitrogens with one attached hydrogen (secondary N) is 1. The number of carbonyl (C=O) groups is 2. The van der Waals surface area contributed by atoms with Crippen molar-refractivity contribution < 1.29 is 27.5 Å². The fraction of sp³-hybridized carbons (Fsp3) is 0.462. The van der Waals surface area contributed by atoms with Gasteiger partial charge in [-0.05, 0) is 49.9 Å². The van der Waals surface area contributed by atoms with Gasteiger partial charge in [0.15, 0.2) is 11.5 Å².